The Morgan fingerprint density at radius 1 is 1.54 bits per heavy atom. The molecule has 0 unspecified atom stereocenters. The minimum Gasteiger partial charge on any atom is -0.460 e. The van der Waals surface area contributed by atoms with Gasteiger partial charge in [-0.05, 0) is 6.92 Å². The van der Waals surface area contributed by atoms with Gasteiger partial charge in [-0.1, -0.05) is 6.92 Å². The van der Waals surface area contributed by atoms with Crippen LogP contribution in [0.4, 0.5) is 0 Å². The Labute approximate surface area is 76.7 Å². The molecule has 0 saturated carbocycles. The Morgan fingerprint density at radius 3 is 2.69 bits per heavy atom. The van der Waals surface area contributed by atoms with Crippen molar-refractivity contribution in [2.24, 2.45) is 7.05 Å². The first-order valence-corrected chi connectivity index (χ1v) is 4.26. The van der Waals surface area contributed by atoms with Crippen LogP contribution in [-0.4, -0.2) is 27.3 Å². The van der Waals surface area contributed by atoms with Gasteiger partial charge in [0.1, 0.15) is 0 Å². The third-order valence-corrected chi connectivity index (χ3v) is 1.58. The predicted octanol–water partition coefficient (Wildman–Crippen LogP) is 0.554. The summed E-state index contributed by atoms with van der Waals surface area (Å²) in [5.41, 5.74) is 0. The second-order valence-electron chi connectivity index (χ2n) is 2.55. The van der Waals surface area contributed by atoms with E-state index >= 15 is 0 Å². The number of hydrogen-bond acceptors (Lipinski definition) is 4. The summed E-state index contributed by atoms with van der Waals surface area (Å²) in [4.78, 5) is 15.3. The Bertz CT molecular complexity index is 306. The lowest BCUT2D eigenvalue weighted by molar-refractivity contribution is 0.0506. The number of hydrogen-bond donors (Lipinski definition) is 0. The van der Waals surface area contributed by atoms with Crippen molar-refractivity contribution in [2.45, 2.75) is 20.3 Å². The third kappa shape index (κ3) is 2.05. The lowest BCUT2D eigenvalue weighted by Gasteiger charge is -1.98. The van der Waals surface area contributed by atoms with Crippen LogP contribution in [0.1, 0.15) is 30.3 Å². The van der Waals surface area contributed by atoms with Gasteiger partial charge in [0.2, 0.25) is 5.82 Å². The second kappa shape index (κ2) is 4.02. The second-order valence-corrected chi connectivity index (χ2v) is 2.55. The van der Waals surface area contributed by atoms with Gasteiger partial charge >= 0.3 is 5.97 Å². The number of esters is 1. The van der Waals surface area contributed by atoms with Gasteiger partial charge in [-0.25, -0.2) is 14.5 Å². The first-order chi connectivity index (χ1) is 6.19. The Kier molecular flexibility index (Phi) is 3.00. The van der Waals surface area contributed by atoms with Gasteiger partial charge in [-0.15, -0.1) is 0 Å². The molecule has 0 aliphatic heterocycles. The highest BCUT2D eigenvalue weighted by atomic mass is 16.5. The van der Waals surface area contributed by atoms with Gasteiger partial charge in [0.25, 0.3) is 0 Å². The Balaban J connectivity index is 2.87. The van der Waals surface area contributed by atoms with Crippen LogP contribution in [0.25, 0.3) is 0 Å². The molecule has 0 N–H and O–H groups in total. The number of carbonyl (C=O) groups is 1. The molecule has 0 bridgehead atoms. The fraction of sp³-hybridized carbons (Fsp3) is 0.625. The van der Waals surface area contributed by atoms with Crippen LogP contribution in [0.3, 0.4) is 0 Å². The van der Waals surface area contributed by atoms with Crippen molar-refractivity contribution in [2.75, 3.05) is 6.61 Å². The first-order valence-electron chi connectivity index (χ1n) is 4.26. The summed E-state index contributed by atoms with van der Waals surface area (Å²) in [5.74, 6) is 0.501. The minimum absolute atomic E-state index is 0.263. The molecule has 0 atom stereocenters. The number of ether oxygens (including phenoxy) is 1. The van der Waals surface area contributed by atoms with Crippen LogP contribution in [0.5, 0.6) is 0 Å². The average Bonchev–Trinajstić information content (AvgIpc) is 2.47. The quantitative estimate of drug-likeness (QED) is 0.642. The molecule has 1 aromatic heterocycles. The topological polar surface area (TPSA) is 57.0 Å². The van der Waals surface area contributed by atoms with Gasteiger partial charge in [0.05, 0.1) is 6.61 Å². The number of aryl methyl sites for hydroxylation is 2. The minimum atomic E-state index is -0.419. The summed E-state index contributed by atoms with van der Waals surface area (Å²) in [7, 11) is 1.68. The van der Waals surface area contributed by atoms with Crippen molar-refractivity contribution < 1.29 is 9.53 Å². The van der Waals surface area contributed by atoms with Crippen molar-refractivity contribution in [1.82, 2.24) is 14.8 Å². The van der Waals surface area contributed by atoms with E-state index in [9.17, 15) is 4.79 Å². The first kappa shape index (κ1) is 9.70. The van der Waals surface area contributed by atoms with Gasteiger partial charge in [0, 0.05) is 13.5 Å². The fourth-order valence-electron chi connectivity index (χ4n) is 0.961. The van der Waals surface area contributed by atoms with Gasteiger partial charge in [-0.3, -0.25) is 0 Å². The van der Waals surface area contributed by atoms with Crippen molar-refractivity contribution in [3.63, 3.8) is 0 Å². The molecule has 1 heterocycles. The molecule has 0 spiro atoms. The van der Waals surface area contributed by atoms with Crippen LogP contribution in [0.15, 0.2) is 0 Å². The molecular weight excluding hydrogens is 170 g/mol. The third-order valence-electron chi connectivity index (χ3n) is 1.58. The molecule has 72 valence electrons. The summed E-state index contributed by atoms with van der Waals surface area (Å²) in [6.45, 7) is 4.05. The van der Waals surface area contributed by atoms with E-state index in [4.69, 9.17) is 4.74 Å². The summed E-state index contributed by atoms with van der Waals surface area (Å²) in [6.07, 6.45) is 0.716. The van der Waals surface area contributed by atoms with Crippen molar-refractivity contribution >= 4 is 5.97 Å². The van der Waals surface area contributed by atoms with E-state index in [0.717, 1.165) is 0 Å². The molecule has 5 nitrogen and oxygen atoms in total. The van der Waals surface area contributed by atoms with E-state index in [2.05, 4.69) is 10.1 Å². The Morgan fingerprint density at radius 2 is 2.23 bits per heavy atom. The number of carbonyl (C=O) groups excluding carboxylic acids is 1. The van der Waals surface area contributed by atoms with E-state index in [1.165, 1.54) is 4.68 Å². The van der Waals surface area contributed by atoms with Crippen LogP contribution in [-0.2, 0) is 18.2 Å². The molecule has 0 amide bonds. The highest BCUT2D eigenvalue weighted by molar-refractivity contribution is 5.85. The summed E-state index contributed by atoms with van der Waals surface area (Å²) >= 11 is 0. The van der Waals surface area contributed by atoms with Crippen molar-refractivity contribution in [3.05, 3.63) is 11.6 Å². The molecule has 0 radical (unpaired) electrons. The maximum atomic E-state index is 11.2. The highest BCUT2D eigenvalue weighted by Gasteiger charge is 2.14. The molecule has 0 fully saturated rings. The molecule has 13 heavy (non-hydrogen) atoms. The molecule has 0 aliphatic rings. The molecule has 0 aromatic carbocycles. The fourth-order valence-corrected chi connectivity index (χ4v) is 0.961. The lowest BCUT2D eigenvalue weighted by atomic mass is 10.5. The van der Waals surface area contributed by atoms with Crippen molar-refractivity contribution in [3.8, 4) is 0 Å². The normalized spacial score (nSPS) is 10.1. The zero-order valence-electron chi connectivity index (χ0n) is 8.07. The van der Waals surface area contributed by atoms with Crippen LogP contribution in [0, 0.1) is 0 Å². The largest absolute Gasteiger partial charge is 0.460 e. The van der Waals surface area contributed by atoms with E-state index in [-0.39, 0.29) is 5.82 Å². The van der Waals surface area contributed by atoms with Gasteiger partial charge < -0.3 is 4.74 Å². The molecule has 1 rings (SSSR count). The average molecular weight is 183 g/mol. The standard InChI is InChI=1S/C8H13N3O2/c1-4-6-9-7(11(3)10-6)8(12)13-5-2/h4-5H2,1-3H3. The maximum Gasteiger partial charge on any atom is 0.376 e. The van der Waals surface area contributed by atoms with Crippen LogP contribution < -0.4 is 0 Å². The molecule has 5 heteroatoms. The van der Waals surface area contributed by atoms with E-state index in [0.29, 0.717) is 18.9 Å². The number of aromatic nitrogens is 3. The number of rotatable bonds is 3. The summed E-state index contributed by atoms with van der Waals surface area (Å²) < 4.78 is 6.25. The molecular formula is C8H13N3O2. The van der Waals surface area contributed by atoms with E-state index < -0.39 is 5.97 Å². The van der Waals surface area contributed by atoms with Crippen LogP contribution in [0.2, 0.25) is 0 Å². The molecule has 0 saturated heterocycles. The SMILES string of the molecule is CCOC(=O)c1nc(CC)nn1C. The lowest BCUT2D eigenvalue weighted by Crippen LogP contribution is -2.11. The van der Waals surface area contributed by atoms with Crippen LogP contribution >= 0.6 is 0 Å². The monoisotopic (exact) mass is 183 g/mol. The zero-order valence-corrected chi connectivity index (χ0v) is 8.07. The molecule has 0 aliphatic carbocycles. The highest BCUT2D eigenvalue weighted by Crippen LogP contribution is 1.99. The number of nitrogens with zero attached hydrogens (tertiary/aromatic N) is 3. The summed E-state index contributed by atoms with van der Waals surface area (Å²) in [6, 6.07) is 0. The summed E-state index contributed by atoms with van der Waals surface area (Å²) in [5, 5.41) is 4.04. The van der Waals surface area contributed by atoms with Gasteiger partial charge in [0.15, 0.2) is 5.82 Å². The van der Waals surface area contributed by atoms with E-state index in [1.807, 2.05) is 6.92 Å². The maximum absolute atomic E-state index is 11.2. The van der Waals surface area contributed by atoms with Crippen molar-refractivity contribution in [1.29, 1.82) is 0 Å². The Hall–Kier alpha value is -1.39. The van der Waals surface area contributed by atoms with E-state index in [1.54, 1.807) is 14.0 Å². The smallest absolute Gasteiger partial charge is 0.376 e. The zero-order chi connectivity index (χ0) is 9.84. The predicted molar refractivity (Wildman–Crippen MR) is 46.3 cm³/mol. The molecule has 1 aromatic rings. The van der Waals surface area contributed by atoms with Gasteiger partial charge in [-0.2, -0.15) is 5.10 Å².